The summed E-state index contributed by atoms with van der Waals surface area (Å²) in [5.41, 5.74) is 3.91. The highest BCUT2D eigenvalue weighted by atomic mass is 79.9. The van der Waals surface area contributed by atoms with E-state index in [-0.39, 0.29) is 5.78 Å². The Morgan fingerprint density at radius 1 is 0.875 bits per heavy atom. The van der Waals surface area contributed by atoms with E-state index in [9.17, 15) is 4.79 Å². The van der Waals surface area contributed by atoms with Crippen LogP contribution in [0.1, 0.15) is 30.9 Å². The quantitative estimate of drug-likeness (QED) is 0.471. The lowest BCUT2D eigenvalue weighted by Gasteiger charge is -2.22. The van der Waals surface area contributed by atoms with Crippen LogP contribution in [0.5, 0.6) is 0 Å². The monoisotopic (exact) mass is 444 g/mol. The molecule has 0 heterocycles. The highest BCUT2D eigenvalue weighted by Gasteiger charge is 2.25. The first-order valence-electron chi connectivity index (χ1n) is 7.98. The maximum Gasteiger partial charge on any atom is 0.185 e. The Morgan fingerprint density at radius 3 is 1.75 bits per heavy atom. The second kappa shape index (κ2) is 7.62. The van der Waals surface area contributed by atoms with Gasteiger partial charge in [-0.2, -0.15) is 0 Å². The predicted molar refractivity (Wildman–Crippen MR) is 108 cm³/mol. The van der Waals surface area contributed by atoms with Crippen molar-refractivity contribution in [3.63, 3.8) is 0 Å². The van der Waals surface area contributed by atoms with E-state index < -0.39 is 0 Å². The minimum atomic E-state index is 0.174. The van der Waals surface area contributed by atoms with Gasteiger partial charge >= 0.3 is 0 Å². The second-order valence-corrected chi connectivity index (χ2v) is 8.12. The normalized spacial score (nSPS) is 21.5. The van der Waals surface area contributed by atoms with Gasteiger partial charge in [0.05, 0.1) is 0 Å². The summed E-state index contributed by atoms with van der Waals surface area (Å²) in [6.45, 7) is 2.20. The summed E-state index contributed by atoms with van der Waals surface area (Å²) >= 11 is 6.97. The topological polar surface area (TPSA) is 17.1 Å². The van der Waals surface area contributed by atoms with Crippen LogP contribution < -0.4 is 0 Å². The molecule has 122 valence electrons. The number of allylic oxidation sites excluding steroid dienone is 2. The number of hydrogen-bond acceptors (Lipinski definition) is 1. The number of carbonyl (C=O) groups is 1. The van der Waals surface area contributed by atoms with E-state index in [0.717, 1.165) is 44.1 Å². The van der Waals surface area contributed by atoms with E-state index in [1.54, 1.807) is 0 Å². The van der Waals surface area contributed by atoms with Crippen LogP contribution in [0.3, 0.4) is 0 Å². The van der Waals surface area contributed by atoms with Crippen molar-refractivity contribution >= 4 is 49.8 Å². The molecule has 0 spiro atoms. The molecule has 1 aliphatic carbocycles. The SMILES string of the molecule is CC1C/C(=C\c2cccc(Br)c2)C(=O)/C(=C/c2cccc(Br)c2)C1. The molecule has 0 unspecified atom stereocenters. The van der Waals surface area contributed by atoms with Gasteiger partial charge in [-0.3, -0.25) is 4.79 Å². The Bertz CT molecular complexity index is 766. The zero-order valence-electron chi connectivity index (χ0n) is 13.4. The molecule has 1 nitrogen and oxygen atoms in total. The molecule has 0 radical (unpaired) electrons. The van der Waals surface area contributed by atoms with Gasteiger partial charge in [-0.25, -0.2) is 0 Å². The summed E-state index contributed by atoms with van der Waals surface area (Å²) in [6, 6.07) is 16.1. The summed E-state index contributed by atoms with van der Waals surface area (Å²) in [5.74, 6) is 0.646. The lowest BCUT2D eigenvalue weighted by Crippen LogP contribution is -2.18. The van der Waals surface area contributed by atoms with Crippen molar-refractivity contribution in [2.75, 3.05) is 0 Å². The van der Waals surface area contributed by atoms with Gasteiger partial charge in [0.1, 0.15) is 0 Å². The number of benzene rings is 2. The van der Waals surface area contributed by atoms with Crippen LogP contribution in [0.2, 0.25) is 0 Å². The minimum absolute atomic E-state index is 0.174. The number of Topliss-reactive ketones (excluding diaryl/α,β-unsaturated/α-hetero) is 1. The zero-order chi connectivity index (χ0) is 17.1. The molecule has 1 fully saturated rings. The predicted octanol–water partition coefficient (Wildman–Crippen LogP) is 6.68. The van der Waals surface area contributed by atoms with Gasteiger partial charge < -0.3 is 0 Å². The number of rotatable bonds is 2. The molecule has 0 aromatic heterocycles. The van der Waals surface area contributed by atoms with Crippen LogP contribution in [0.25, 0.3) is 12.2 Å². The van der Waals surface area contributed by atoms with E-state index in [2.05, 4.69) is 38.8 Å². The van der Waals surface area contributed by atoms with Crippen molar-refractivity contribution in [2.45, 2.75) is 19.8 Å². The van der Waals surface area contributed by atoms with Gasteiger partial charge in [-0.15, -0.1) is 0 Å². The van der Waals surface area contributed by atoms with Crippen molar-refractivity contribution in [3.8, 4) is 0 Å². The van der Waals surface area contributed by atoms with E-state index in [1.807, 2.05) is 60.7 Å². The molecule has 3 heteroatoms. The van der Waals surface area contributed by atoms with Crippen LogP contribution in [-0.4, -0.2) is 5.78 Å². The molecule has 0 atom stereocenters. The molecule has 0 aliphatic heterocycles. The fraction of sp³-hybridized carbons (Fsp3) is 0.190. The van der Waals surface area contributed by atoms with Gasteiger partial charge in [-0.1, -0.05) is 63.0 Å². The maximum absolute atomic E-state index is 12.9. The van der Waals surface area contributed by atoms with Crippen molar-refractivity contribution in [2.24, 2.45) is 5.92 Å². The van der Waals surface area contributed by atoms with Crippen LogP contribution in [-0.2, 0) is 4.79 Å². The largest absolute Gasteiger partial charge is 0.289 e. The lowest BCUT2D eigenvalue weighted by molar-refractivity contribution is -0.113. The van der Waals surface area contributed by atoms with E-state index in [1.165, 1.54) is 0 Å². The second-order valence-electron chi connectivity index (χ2n) is 6.29. The maximum atomic E-state index is 12.9. The van der Waals surface area contributed by atoms with Gasteiger partial charge in [0.25, 0.3) is 0 Å². The van der Waals surface area contributed by atoms with E-state index >= 15 is 0 Å². The van der Waals surface area contributed by atoms with Gasteiger partial charge in [0.15, 0.2) is 5.78 Å². The van der Waals surface area contributed by atoms with Crippen molar-refractivity contribution < 1.29 is 4.79 Å². The van der Waals surface area contributed by atoms with Gasteiger partial charge in [0, 0.05) is 20.1 Å². The number of hydrogen-bond donors (Lipinski definition) is 0. The summed E-state index contributed by atoms with van der Waals surface area (Å²) in [7, 11) is 0. The fourth-order valence-corrected chi connectivity index (χ4v) is 3.89. The molecule has 0 saturated heterocycles. The Balaban J connectivity index is 1.94. The summed E-state index contributed by atoms with van der Waals surface area (Å²) in [5, 5.41) is 0. The first kappa shape index (κ1) is 17.4. The fourth-order valence-electron chi connectivity index (χ4n) is 3.06. The first-order chi connectivity index (χ1) is 11.5. The Morgan fingerprint density at radius 2 is 1.33 bits per heavy atom. The van der Waals surface area contributed by atoms with E-state index in [0.29, 0.717) is 5.92 Å². The molecule has 24 heavy (non-hydrogen) atoms. The lowest BCUT2D eigenvalue weighted by atomic mass is 9.81. The minimum Gasteiger partial charge on any atom is -0.289 e. The molecule has 1 aliphatic rings. The standard InChI is InChI=1S/C21H18Br2O/c1-14-8-17(10-15-4-2-6-19(22)12-15)21(24)18(9-14)11-16-5-3-7-20(23)13-16/h2-7,10-14H,8-9H2,1H3/b17-10+,18-11+. The molecular weight excluding hydrogens is 428 g/mol. The third-order valence-electron chi connectivity index (χ3n) is 4.10. The smallest absolute Gasteiger partial charge is 0.185 e. The third kappa shape index (κ3) is 4.34. The van der Waals surface area contributed by atoms with Gasteiger partial charge in [0.2, 0.25) is 0 Å². The molecule has 0 amide bonds. The molecule has 1 saturated carbocycles. The molecule has 3 rings (SSSR count). The van der Waals surface area contributed by atoms with Crippen molar-refractivity contribution in [1.29, 1.82) is 0 Å². The van der Waals surface area contributed by atoms with Crippen LogP contribution in [0.15, 0.2) is 68.6 Å². The molecule has 0 N–H and O–H groups in total. The number of ketones is 1. The van der Waals surface area contributed by atoms with Crippen LogP contribution >= 0.6 is 31.9 Å². The molecule has 0 bridgehead atoms. The Kier molecular flexibility index (Phi) is 5.52. The Hall–Kier alpha value is -1.45. The Labute approximate surface area is 159 Å². The van der Waals surface area contributed by atoms with Crippen molar-refractivity contribution in [3.05, 3.63) is 79.7 Å². The van der Waals surface area contributed by atoms with Gasteiger partial charge in [-0.05, 0) is 66.3 Å². The molecule has 2 aromatic carbocycles. The average Bonchev–Trinajstić information content (AvgIpc) is 2.52. The summed E-state index contributed by atoms with van der Waals surface area (Å²) < 4.78 is 2.05. The highest BCUT2D eigenvalue weighted by Crippen LogP contribution is 2.32. The summed E-state index contributed by atoms with van der Waals surface area (Å²) in [6.07, 6.45) is 5.72. The zero-order valence-corrected chi connectivity index (χ0v) is 16.6. The number of carbonyl (C=O) groups excluding carboxylic acids is 1. The first-order valence-corrected chi connectivity index (χ1v) is 9.57. The molecule has 2 aromatic rings. The highest BCUT2D eigenvalue weighted by molar-refractivity contribution is 9.10. The third-order valence-corrected chi connectivity index (χ3v) is 5.09. The average molecular weight is 446 g/mol. The van der Waals surface area contributed by atoms with E-state index in [4.69, 9.17) is 0 Å². The molecular formula is C21H18Br2O. The van der Waals surface area contributed by atoms with Crippen molar-refractivity contribution in [1.82, 2.24) is 0 Å². The summed E-state index contributed by atoms with van der Waals surface area (Å²) in [4.78, 5) is 12.9. The van der Waals surface area contributed by atoms with Crippen LogP contribution in [0, 0.1) is 5.92 Å². The number of halogens is 2. The van der Waals surface area contributed by atoms with Crippen LogP contribution in [0.4, 0.5) is 0 Å².